The zero-order valence-electron chi connectivity index (χ0n) is 7.80. The van der Waals surface area contributed by atoms with Gasteiger partial charge in [0.2, 0.25) is 0 Å². The first-order valence-corrected chi connectivity index (χ1v) is 4.82. The molecule has 0 aliphatic rings. The number of aromatic nitrogens is 2. The minimum absolute atomic E-state index is 1.15. The van der Waals surface area contributed by atoms with Gasteiger partial charge in [-0.2, -0.15) is 5.10 Å². The maximum absolute atomic E-state index is 4.40. The quantitative estimate of drug-likeness (QED) is 0.609. The van der Waals surface area contributed by atoms with E-state index in [9.17, 15) is 0 Å². The number of nitrogens with zero attached hydrogens (tertiary/aromatic N) is 2. The molecule has 64 valence electrons. The van der Waals surface area contributed by atoms with Crippen molar-refractivity contribution < 1.29 is 0 Å². The standard InChI is InChI=1S/C9H12N2S/c1-5-8-6(2)12-7(3)9(8)11(4)10-5/h1-4H3. The Labute approximate surface area is 75.8 Å². The smallest absolute Gasteiger partial charge is 0.0820 e. The number of thiophene rings is 1. The summed E-state index contributed by atoms with van der Waals surface area (Å²) < 4.78 is 1.98. The van der Waals surface area contributed by atoms with Crippen LogP contribution in [0.2, 0.25) is 0 Å². The van der Waals surface area contributed by atoms with Gasteiger partial charge in [-0.15, -0.1) is 11.3 Å². The van der Waals surface area contributed by atoms with Crippen LogP contribution < -0.4 is 0 Å². The van der Waals surface area contributed by atoms with E-state index in [2.05, 4.69) is 25.9 Å². The van der Waals surface area contributed by atoms with E-state index >= 15 is 0 Å². The average Bonchev–Trinajstić information content (AvgIpc) is 2.38. The summed E-state index contributed by atoms with van der Waals surface area (Å²) in [5, 5.41) is 5.74. The second-order valence-corrected chi connectivity index (χ2v) is 4.58. The third-order valence-corrected chi connectivity index (χ3v) is 3.22. The van der Waals surface area contributed by atoms with Crippen LogP contribution in [0.1, 0.15) is 15.4 Å². The lowest BCUT2D eigenvalue weighted by molar-refractivity contribution is 0.782. The number of rotatable bonds is 0. The van der Waals surface area contributed by atoms with Crippen molar-refractivity contribution in [3.8, 4) is 0 Å². The SMILES string of the molecule is Cc1nn(C)c2c(C)sc(C)c12. The van der Waals surface area contributed by atoms with Gasteiger partial charge in [0.05, 0.1) is 11.2 Å². The fourth-order valence-corrected chi connectivity index (χ4v) is 2.95. The van der Waals surface area contributed by atoms with Crippen LogP contribution in [0.4, 0.5) is 0 Å². The lowest BCUT2D eigenvalue weighted by Gasteiger charge is -1.89. The molecule has 0 aliphatic carbocycles. The van der Waals surface area contributed by atoms with Crippen LogP contribution >= 0.6 is 11.3 Å². The minimum Gasteiger partial charge on any atom is -0.267 e. The van der Waals surface area contributed by atoms with Gasteiger partial charge in [-0.25, -0.2) is 0 Å². The van der Waals surface area contributed by atoms with E-state index in [1.165, 1.54) is 20.7 Å². The van der Waals surface area contributed by atoms with Crippen molar-refractivity contribution in [2.24, 2.45) is 7.05 Å². The van der Waals surface area contributed by atoms with Crippen LogP contribution in [0.3, 0.4) is 0 Å². The molecule has 0 saturated heterocycles. The molecular formula is C9H12N2S. The molecule has 0 aromatic carbocycles. The first-order valence-electron chi connectivity index (χ1n) is 4.00. The molecule has 0 unspecified atom stereocenters. The van der Waals surface area contributed by atoms with E-state index in [1.54, 1.807) is 0 Å². The van der Waals surface area contributed by atoms with Crippen LogP contribution in [0.25, 0.3) is 10.9 Å². The molecule has 0 bridgehead atoms. The molecule has 3 heteroatoms. The molecule has 0 N–H and O–H groups in total. The topological polar surface area (TPSA) is 17.8 Å². The predicted molar refractivity (Wildman–Crippen MR) is 52.8 cm³/mol. The highest BCUT2D eigenvalue weighted by Crippen LogP contribution is 2.31. The molecule has 2 heterocycles. The summed E-state index contributed by atoms with van der Waals surface area (Å²) in [6, 6.07) is 0. The van der Waals surface area contributed by atoms with Gasteiger partial charge in [0, 0.05) is 22.2 Å². The van der Waals surface area contributed by atoms with Gasteiger partial charge < -0.3 is 0 Å². The monoisotopic (exact) mass is 180 g/mol. The molecular weight excluding hydrogens is 168 g/mol. The van der Waals surface area contributed by atoms with E-state index in [1.807, 2.05) is 23.1 Å². The summed E-state index contributed by atoms with van der Waals surface area (Å²) in [4.78, 5) is 2.75. The Balaban J connectivity index is 3.01. The molecule has 0 spiro atoms. The van der Waals surface area contributed by atoms with E-state index < -0.39 is 0 Å². The maximum atomic E-state index is 4.40. The van der Waals surface area contributed by atoms with Gasteiger partial charge >= 0.3 is 0 Å². The van der Waals surface area contributed by atoms with E-state index in [-0.39, 0.29) is 0 Å². The van der Waals surface area contributed by atoms with Crippen LogP contribution in [-0.4, -0.2) is 9.78 Å². The minimum atomic E-state index is 1.15. The Kier molecular flexibility index (Phi) is 1.51. The highest BCUT2D eigenvalue weighted by molar-refractivity contribution is 7.13. The third kappa shape index (κ3) is 0.829. The largest absolute Gasteiger partial charge is 0.267 e. The third-order valence-electron chi connectivity index (χ3n) is 2.21. The predicted octanol–water partition coefficient (Wildman–Crippen LogP) is 2.56. The summed E-state index contributed by atoms with van der Waals surface area (Å²) in [6.07, 6.45) is 0. The first-order chi connectivity index (χ1) is 5.61. The molecule has 2 rings (SSSR count). The molecule has 0 atom stereocenters. The zero-order valence-corrected chi connectivity index (χ0v) is 8.62. The fraction of sp³-hybridized carbons (Fsp3) is 0.444. The molecule has 12 heavy (non-hydrogen) atoms. The number of fused-ring (bicyclic) bond motifs is 1. The van der Waals surface area contributed by atoms with Crippen molar-refractivity contribution in [3.63, 3.8) is 0 Å². The Bertz CT molecular complexity index is 362. The normalized spacial score (nSPS) is 11.3. The summed E-state index contributed by atoms with van der Waals surface area (Å²) in [7, 11) is 2.01. The first kappa shape index (κ1) is 7.80. The van der Waals surface area contributed by atoms with E-state index in [4.69, 9.17) is 0 Å². The lowest BCUT2D eigenvalue weighted by Crippen LogP contribution is -1.89. The molecule has 2 aromatic rings. The van der Waals surface area contributed by atoms with Gasteiger partial charge in [-0.1, -0.05) is 0 Å². The van der Waals surface area contributed by atoms with E-state index in [0.717, 1.165) is 5.69 Å². The molecule has 0 fully saturated rings. The van der Waals surface area contributed by atoms with Crippen LogP contribution in [0, 0.1) is 20.8 Å². The van der Waals surface area contributed by atoms with Gasteiger partial charge in [0.25, 0.3) is 0 Å². The van der Waals surface area contributed by atoms with Crippen molar-refractivity contribution in [1.82, 2.24) is 9.78 Å². The molecule has 2 nitrogen and oxygen atoms in total. The maximum Gasteiger partial charge on any atom is 0.0820 e. The number of hydrogen-bond acceptors (Lipinski definition) is 2. The van der Waals surface area contributed by atoms with E-state index in [0.29, 0.717) is 0 Å². The second kappa shape index (κ2) is 2.33. The highest BCUT2D eigenvalue weighted by atomic mass is 32.1. The Morgan fingerprint density at radius 1 is 1.17 bits per heavy atom. The van der Waals surface area contributed by atoms with Gasteiger partial charge in [-0.05, 0) is 20.8 Å². The summed E-state index contributed by atoms with van der Waals surface area (Å²) in [5.41, 5.74) is 2.45. The van der Waals surface area contributed by atoms with Gasteiger partial charge in [0.15, 0.2) is 0 Å². The summed E-state index contributed by atoms with van der Waals surface area (Å²) >= 11 is 1.86. The van der Waals surface area contributed by atoms with Gasteiger partial charge in [-0.3, -0.25) is 4.68 Å². The second-order valence-electron chi connectivity index (χ2n) is 3.15. The van der Waals surface area contributed by atoms with Gasteiger partial charge in [0.1, 0.15) is 0 Å². The van der Waals surface area contributed by atoms with Crippen molar-refractivity contribution >= 4 is 22.2 Å². The Morgan fingerprint density at radius 3 is 2.42 bits per heavy atom. The highest BCUT2D eigenvalue weighted by Gasteiger charge is 2.12. The molecule has 0 saturated carbocycles. The Morgan fingerprint density at radius 2 is 1.83 bits per heavy atom. The molecule has 0 radical (unpaired) electrons. The van der Waals surface area contributed by atoms with Crippen LogP contribution in [0.15, 0.2) is 0 Å². The number of aryl methyl sites for hydroxylation is 4. The summed E-state index contributed by atoms with van der Waals surface area (Å²) in [6.45, 7) is 6.39. The summed E-state index contributed by atoms with van der Waals surface area (Å²) in [5.74, 6) is 0. The Hall–Kier alpha value is -0.830. The molecule has 2 aromatic heterocycles. The van der Waals surface area contributed by atoms with Crippen LogP contribution in [0.5, 0.6) is 0 Å². The van der Waals surface area contributed by atoms with Crippen LogP contribution in [-0.2, 0) is 7.05 Å². The van der Waals surface area contributed by atoms with Crippen molar-refractivity contribution in [1.29, 1.82) is 0 Å². The number of hydrogen-bond donors (Lipinski definition) is 0. The fourth-order valence-electron chi connectivity index (χ4n) is 1.81. The zero-order chi connectivity index (χ0) is 8.88. The van der Waals surface area contributed by atoms with Crippen molar-refractivity contribution in [3.05, 3.63) is 15.4 Å². The molecule has 0 aliphatic heterocycles. The lowest BCUT2D eigenvalue weighted by atomic mass is 10.2. The van der Waals surface area contributed by atoms with Crippen molar-refractivity contribution in [2.75, 3.05) is 0 Å². The van der Waals surface area contributed by atoms with Crippen molar-refractivity contribution in [2.45, 2.75) is 20.8 Å². The average molecular weight is 180 g/mol. The molecule has 0 amide bonds.